The molecule has 1 amide bonds. The number of Topliss-reactive ketones (excluding diaryl/α,β-unsaturated/α-hetero) is 1. The summed E-state index contributed by atoms with van der Waals surface area (Å²) in [4.78, 5) is 44.6. The number of ether oxygens (including phenoxy) is 3. The fraction of sp³-hybridized carbons (Fsp3) is 0.200. The minimum absolute atomic E-state index is 0.0876. The Balaban J connectivity index is 1.70. The lowest BCUT2D eigenvalue weighted by molar-refractivity contribution is -0.825. The Kier molecular flexibility index (Phi) is 6.38. The zero-order chi connectivity index (χ0) is 26.3. The Bertz CT molecular complexity index is 1460. The van der Waals surface area contributed by atoms with Gasteiger partial charge in [0.1, 0.15) is 23.9 Å². The van der Waals surface area contributed by atoms with Crippen molar-refractivity contribution < 1.29 is 44.4 Å². The van der Waals surface area contributed by atoms with Crippen molar-refractivity contribution in [2.75, 3.05) is 25.2 Å². The number of ketones is 1. The molecule has 0 aliphatic carbocycles. The minimum Gasteiger partial charge on any atom is -0.507 e. The monoisotopic (exact) mass is 524 g/mol. The van der Waals surface area contributed by atoms with Crippen molar-refractivity contribution in [2.24, 2.45) is 0 Å². The predicted molar refractivity (Wildman–Crippen MR) is 130 cm³/mol. The van der Waals surface area contributed by atoms with Gasteiger partial charge in [0.15, 0.2) is 22.3 Å². The topological polar surface area (TPSA) is 152 Å². The summed E-state index contributed by atoms with van der Waals surface area (Å²) in [5.74, 6) is -1.99. The molecule has 2 aliphatic rings. The van der Waals surface area contributed by atoms with Crippen LogP contribution in [0.2, 0.25) is 0 Å². The number of carbonyl (C=O) groups is 3. The number of thiazole rings is 1. The van der Waals surface area contributed by atoms with E-state index in [9.17, 15) is 24.7 Å². The highest BCUT2D eigenvalue weighted by Crippen LogP contribution is 2.45. The first kappa shape index (κ1) is 24.4. The van der Waals surface area contributed by atoms with Gasteiger partial charge in [-0.3, -0.25) is 14.5 Å². The van der Waals surface area contributed by atoms with Gasteiger partial charge in [0.05, 0.1) is 24.4 Å². The zero-order valence-electron chi connectivity index (χ0n) is 19.8. The lowest BCUT2D eigenvalue weighted by Gasteiger charge is -2.23. The van der Waals surface area contributed by atoms with Crippen molar-refractivity contribution in [2.45, 2.75) is 13.0 Å². The van der Waals surface area contributed by atoms with E-state index in [-0.39, 0.29) is 21.1 Å². The summed E-state index contributed by atoms with van der Waals surface area (Å²) in [6.07, 6.45) is 0. The van der Waals surface area contributed by atoms with Crippen LogP contribution in [0.3, 0.4) is 0 Å². The van der Waals surface area contributed by atoms with Crippen LogP contribution in [0, 0.1) is 6.92 Å². The molecule has 1 aromatic heterocycles. The van der Waals surface area contributed by atoms with Gasteiger partial charge in [-0.2, -0.15) is 5.48 Å². The summed E-state index contributed by atoms with van der Waals surface area (Å²) < 4.78 is 15.9. The van der Waals surface area contributed by atoms with Gasteiger partial charge >= 0.3 is 11.9 Å². The smallest absolute Gasteiger partial charge is 0.350 e. The van der Waals surface area contributed by atoms with Crippen LogP contribution in [-0.2, 0) is 14.3 Å². The Labute approximate surface area is 214 Å². The molecule has 190 valence electrons. The third-order valence-corrected chi connectivity index (χ3v) is 7.13. The van der Waals surface area contributed by atoms with Gasteiger partial charge in [-0.1, -0.05) is 23.5 Å². The molecule has 37 heavy (non-hydrogen) atoms. The number of methoxy groups -OCH3 is 1. The van der Waals surface area contributed by atoms with E-state index in [1.165, 1.54) is 13.2 Å². The van der Waals surface area contributed by atoms with Crippen LogP contribution >= 0.6 is 11.3 Å². The molecule has 5 rings (SSSR count). The molecule has 3 heterocycles. The molecule has 3 aromatic rings. The number of hydrogen-bond donors (Lipinski definition) is 3. The van der Waals surface area contributed by atoms with Gasteiger partial charge in [0, 0.05) is 17.7 Å². The van der Waals surface area contributed by atoms with E-state index in [1.807, 2.05) is 0 Å². The van der Waals surface area contributed by atoms with Gasteiger partial charge < -0.3 is 19.3 Å². The maximum absolute atomic E-state index is 13.4. The van der Waals surface area contributed by atoms with E-state index in [4.69, 9.17) is 14.2 Å². The van der Waals surface area contributed by atoms with Crippen LogP contribution in [-0.4, -0.2) is 53.3 Å². The number of esters is 1. The summed E-state index contributed by atoms with van der Waals surface area (Å²) in [7, 11) is 1.23. The highest BCUT2D eigenvalue weighted by Gasteiger charge is 2.48. The molecular weight excluding hydrogens is 502 g/mol. The number of anilines is 1. The van der Waals surface area contributed by atoms with Crippen molar-refractivity contribution in [1.82, 2.24) is 4.98 Å². The molecule has 0 bridgehead atoms. The number of fused-ring (bicyclic) bond motifs is 1. The highest BCUT2D eigenvalue weighted by atomic mass is 32.1. The summed E-state index contributed by atoms with van der Waals surface area (Å²) in [5.41, 5.74) is 2.16. The molecule has 0 radical (unpaired) electrons. The molecule has 1 fully saturated rings. The number of nitrogens with two attached hydrogens (primary N) is 1. The van der Waals surface area contributed by atoms with E-state index < -0.39 is 29.5 Å². The van der Waals surface area contributed by atoms with E-state index >= 15 is 0 Å². The molecule has 11 nitrogen and oxygen atoms in total. The second-order valence-electron chi connectivity index (χ2n) is 8.23. The number of quaternary nitrogens is 1. The molecule has 12 heteroatoms. The predicted octanol–water partition coefficient (Wildman–Crippen LogP) is 2.22. The van der Waals surface area contributed by atoms with Crippen LogP contribution in [0.4, 0.5) is 10.8 Å². The zero-order valence-corrected chi connectivity index (χ0v) is 20.6. The third kappa shape index (κ3) is 4.20. The van der Waals surface area contributed by atoms with Crippen LogP contribution in [0.1, 0.15) is 32.5 Å². The van der Waals surface area contributed by atoms with Crippen LogP contribution < -0.4 is 19.9 Å². The molecule has 0 saturated carbocycles. The second kappa shape index (κ2) is 9.65. The highest BCUT2D eigenvalue weighted by molar-refractivity contribution is 7.17. The number of hydrogen-bond acceptors (Lipinski definition) is 10. The second-order valence-corrected chi connectivity index (χ2v) is 9.21. The molecule has 1 unspecified atom stereocenters. The normalized spacial score (nSPS) is 18.2. The van der Waals surface area contributed by atoms with E-state index in [2.05, 4.69) is 4.98 Å². The number of aryl methyl sites for hydroxylation is 1. The van der Waals surface area contributed by atoms with Crippen LogP contribution in [0.15, 0.2) is 48.0 Å². The fourth-order valence-electron chi connectivity index (χ4n) is 4.27. The van der Waals surface area contributed by atoms with Gasteiger partial charge in [0.25, 0.3) is 5.78 Å². The average Bonchev–Trinajstić information content (AvgIpc) is 3.43. The number of aliphatic hydroxyl groups is 1. The van der Waals surface area contributed by atoms with Crippen molar-refractivity contribution >= 4 is 45.6 Å². The molecule has 1 atom stereocenters. The van der Waals surface area contributed by atoms with Gasteiger partial charge in [-0.25, -0.2) is 15.0 Å². The number of benzene rings is 2. The summed E-state index contributed by atoms with van der Waals surface area (Å²) in [6, 6.07) is 10.2. The maximum atomic E-state index is 13.4. The number of aromatic nitrogens is 1. The third-order valence-electron chi connectivity index (χ3n) is 6.00. The first-order valence-electron chi connectivity index (χ1n) is 11.2. The molecule has 2 aliphatic heterocycles. The molecular formula is C25H22N3O8S+. The van der Waals surface area contributed by atoms with E-state index in [0.29, 0.717) is 41.7 Å². The number of nitrogens with zero attached hydrogens (tertiary/aromatic N) is 2. The van der Waals surface area contributed by atoms with E-state index in [1.54, 1.807) is 43.3 Å². The molecule has 1 saturated heterocycles. The van der Waals surface area contributed by atoms with Crippen LogP contribution in [0.5, 0.6) is 11.5 Å². The number of carbonyl (C=O) groups excluding carboxylic acids is 3. The SMILES string of the molecule is COC(=O)c1sc(N2C(=O)C(=O)/C(=C(/O)c3ccc4c(c3)OCCO4)C2c2cccc([NH2+]O)c2)nc1C. The first-order valence-corrected chi connectivity index (χ1v) is 12.0. The largest absolute Gasteiger partial charge is 0.507 e. The lowest BCUT2D eigenvalue weighted by Crippen LogP contribution is -2.73. The summed E-state index contributed by atoms with van der Waals surface area (Å²) in [5, 5.41) is 21.0. The van der Waals surface area contributed by atoms with Crippen molar-refractivity contribution in [3.63, 3.8) is 0 Å². The number of aliphatic hydroxyl groups excluding tert-OH is 1. The summed E-state index contributed by atoms with van der Waals surface area (Å²) >= 11 is 0.901. The van der Waals surface area contributed by atoms with Gasteiger partial charge in [-0.05, 0) is 30.7 Å². The van der Waals surface area contributed by atoms with Gasteiger partial charge in [0.2, 0.25) is 0 Å². The first-order chi connectivity index (χ1) is 17.8. The van der Waals surface area contributed by atoms with E-state index in [0.717, 1.165) is 21.7 Å². The number of amides is 1. The van der Waals surface area contributed by atoms with Crippen molar-refractivity contribution in [1.29, 1.82) is 0 Å². The Morgan fingerprint density at radius 3 is 2.65 bits per heavy atom. The molecule has 0 spiro atoms. The quantitative estimate of drug-likeness (QED) is 0.114. The average molecular weight is 525 g/mol. The Morgan fingerprint density at radius 1 is 1.16 bits per heavy atom. The van der Waals surface area contributed by atoms with Crippen molar-refractivity contribution in [3.05, 3.63) is 69.7 Å². The van der Waals surface area contributed by atoms with Gasteiger partial charge in [-0.15, -0.1) is 0 Å². The standard InChI is InChI=1S/C25H21N3O8S/c1-12-22(24(32)34-2)37-25(26-12)28-19(13-4-3-5-15(10-13)27-33)18(21(30)23(28)31)20(29)14-6-7-16-17(11-14)36-9-8-35-16/h3-7,10-11,19,27,29,33H,8-9H2,1-2H3/p+1/b20-18+. The summed E-state index contributed by atoms with van der Waals surface area (Å²) in [6.45, 7) is 2.31. The Morgan fingerprint density at radius 2 is 1.92 bits per heavy atom. The molecule has 4 N–H and O–H groups in total. The number of rotatable bonds is 5. The maximum Gasteiger partial charge on any atom is 0.350 e. The van der Waals surface area contributed by atoms with Crippen molar-refractivity contribution in [3.8, 4) is 11.5 Å². The van der Waals surface area contributed by atoms with Crippen LogP contribution in [0.25, 0.3) is 5.76 Å². The Hall–Kier alpha value is -4.26. The fourth-order valence-corrected chi connectivity index (χ4v) is 5.28. The lowest BCUT2D eigenvalue weighted by atomic mass is 9.95. The molecule has 2 aromatic carbocycles. The minimum atomic E-state index is -1.09.